The molecule has 2 heterocycles. The van der Waals surface area contributed by atoms with E-state index < -0.39 is 0 Å². The van der Waals surface area contributed by atoms with Crippen molar-refractivity contribution in [1.82, 2.24) is 14.8 Å². The molecule has 1 N–H and O–H groups in total. The minimum absolute atomic E-state index is 0.129. The number of carbonyl (C=O) groups excluding carboxylic acids is 3. The minimum atomic E-state index is 0.129. The van der Waals surface area contributed by atoms with Gasteiger partial charge < -0.3 is 14.8 Å². The SMILES string of the molecule is CC1=CC(C)=C(CCC(=O)c2c(C)n([C@@H](C)C3CCN(CCNC(=O)CC4C5CC6CC(C5)CC4C6)CC3)c3ccccc23)C(=O)C1. The van der Waals surface area contributed by atoms with Crippen molar-refractivity contribution in [1.29, 1.82) is 0 Å². The van der Waals surface area contributed by atoms with Crippen molar-refractivity contribution in [3.8, 4) is 0 Å². The molecule has 252 valence electrons. The molecule has 6 nitrogen and oxygen atoms in total. The second-order valence-corrected chi connectivity index (χ2v) is 16.1. The number of piperidine rings is 1. The van der Waals surface area contributed by atoms with Crippen LogP contribution in [-0.4, -0.2) is 53.1 Å². The number of Topliss-reactive ketones (excluding diaryl/α,β-unsaturated/α-hetero) is 2. The average molecular weight is 638 g/mol. The van der Waals surface area contributed by atoms with Crippen molar-refractivity contribution in [2.24, 2.45) is 35.5 Å². The van der Waals surface area contributed by atoms with E-state index >= 15 is 0 Å². The predicted octanol–water partition coefficient (Wildman–Crippen LogP) is 8.00. The van der Waals surface area contributed by atoms with Gasteiger partial charge >= 0.3 is 0 Å². The molecule has 1 aliphatic heterocycles. The largest absolute Gasteiger partial charge is 0.355 e. The number of ketones is 2. The Bertz CT molecular complexity index is 1570. The molecule has 6 heteroatoms. The summed E-state index contributed by atoms with van der Waals surface area (Å²) in [7, 11) is 0. The summed E-state index contributed by atoms with van der Waals surface area (Å²) in [4.78, 5) is 42.0. The van der Waals surface area contributed by atoms with E-state index in [1.165, 1.54) is 32.1 Å². The van der Waals surface area contributed by atoms with Gasteiger partial charge in [0.2, 0.25) is 5.91 Å². The number of hydrogen-bond donors (Lipinski definition) is 1. The number of fused-ring (bicyclic) bond motifs is 1. The molecule has 4 saturated carbocycles. The number of likely N-dealkylation sites (tertiary alicyclic amines) is 1. The van der Waals surface area contributed by atoms with Crippen molar-refractivity contribution < 1.29 is 14.4 Å². The molecule has 0 radical (unpaired) electrons. The Hall–Kier alpha value is -2.99. The van der Waals surface area contributed by atoms with Crippen LogP contribution in [0.1, 0.15) is 113 Å². The van der Waals surface area contributed by atoms with Crippen LogP contribution < -0.4 is 5.32 Å². The smallest absolute Gasteiger partial charge is 0.220 e. The lowest BCUT2D eigenvalue weighted by Gasteiger charge is -2.54. The predicted molar refractivity (Wildman–Crippen MR) is 188 cm³/mol. The molecule has 1 atom stereocenters. The number of rotatable bonds is 11. The monoisotopic (exact) mass is 637 g/mol. The highest BCUT2D eigenvalue weighted by Gasteiger charge is 2.48. The average Bonchev–Trinajstić information content (AvgIpc) is 3.33. The third-order valence-corrected chi connectivity index (χ3v) is 13.1. The highest BCUT2D eigenvalue weighted by atomic mass is 16.1. The fourth-order valence-electron chi connectivity index (χ4n) is 10.9. The summed E-state index contributed by atoms with van der Waals surface area (Å²) in [5, 5.41) is 4.31. The lowest BCUT2D eigenvalue weighted by atomic mass is 9.51. The molecular weight excluding hydrogens is 582 g/mol. The van der Waals surface area contributed by atoms with E-state index in [2.05, 4.69) is 52.9 Å². The van der Waals surface area contributed by atoms with Gasteiger partial charge in [0.15, 0.2) is 11.6 Å². The van der Waals surface area contributed by atoms with E-state index in [0.29, 0.717) is 31.1 Å². The maximum Gasteiger partial charge on any atom is 0.220 e. The van der Waals surface area contributed by atoms with Crippen LogP contribution in [0.5, 0.6) is 0 Å². The summed E-state index contributed by atoms with van der Waals surface area (Å²) in [5.74, 6) is 5.26. The summed E-state index contributed by atoms with van der Waals surface area (Å²) in [6, 6.07) is 8.62. The van der Waals surface area contributed by atoms with Crippen molar-refractivity contribution >= 4 is 28.4 Å². The van der Waals surface area contributed by atoms with Crippen LogP contribution in [0.15, 0.2) is 47.1 Å². The minimum Gasteiger partial charge on any atom is -0.355 e. The second kappa shape index (κ2) is 13.5. The zero-order valence-electron chi connectivity index (χ0n) is 29.2. The number of benzene rings is 1. The summed E-state index contributed by atoms with van der Waals surface area (Å²) in [5.41, 5.74) is 5.91. The van der Waals surface area contributed by atoms with Crippen LogP contribution in [0.2, 0.25) is 0 Å². The van der Waals surface area contributed by atoms with Crippen LogP contribution in [0.4, 0.5) is 0 Å². The number of para-hydroxylation sites is 1. The molecular formula is C41H55N3O3. The van der Waals surface area contributed by atoms with Gasteiger partial charge in [-0.25, -0.2) is 0 Å². The number of hydrogen-bond acceptors (Lipinski definition) is 4. The van der Waals surface area contributed by atoms with Gasteiger partial charge in [0.05, 0.1) is 0 Å². The number of amides is 1. The van der Waals surface area contributed by atoms with Crippen molar-refractivity contribution in [3.63, 3.8) is 0 Å². The third-order valence-electron chi connectivity index (χ3n) is 13.1. The second-order valence-electron chi connectivity index (χ2n) is 16.1. The van der Waals surface area contributed by atoms with E-state index in [-0.39, 0.29) is 23.5 Å². The number of nitrogens with zero attached hydrogens (tertiary/aromatic N) is 2. The highest BCUT2D eigenvalue weighted by molar-refractivity contribution is 6.10. The molecule has 2 aromatic rings. The zero-order chi connectivity index (χ0) is 32.8. The van der Waals surface area contributed by atoms with Gasteiger partial charge in [-0.2, -0.15) is 0 Å². The summed E-state index contributed by atoms with van der Waals surface area (Å²) < 4.78 is 2.41. The Morgan fingerprint density at radius 3 is 2.32 bits per heavy atom. The fourth-order valence-corrected chi connectivity index (χ4v) is 10.9. The van der Waals surface area contributed by atoms with Crippen LogP contribution >= 0.6 is 0 Å². The Morgan fingerprint density at radius 1 is 0.957 bits per heavy atom. The lowest BCUT2D eigenvalue weighted by molar-refractivity contribution is -0.126. The summed E-state index contributed by atoms with van der Waals surface area (Å²) in [6.07, 6.45) is 13.4. The number of nitrogens with one attached hydrogen (secondary N) is 1. The molecule has 1 saturated heterocycles. The van der Waals surface area contributed by atoms with Crippen molar-refractivity contribution in [3.05, 3.63) is 58.3 Å². The van der Waals surface area contributed by atoms with E-state index in [4.69, 9.17) is 0 Å². The maximum atomic E-state index is 13.8. The molecule has 0 spiro atoms. The standard InChI is InChI=1S/C41H55N3O3/c1-25-17-26(2)34(39(46)18-25)9-10-38(45)41-28(4)44(37-8-6-5-7-35(37)41)27(3)31-11-14-43(15-12-31)16-13-42-40(47)24-36-32-20-29-19-30(22-32)23-33(36)21-29/h5-8,17,27,29-33,36H,9-16,18-24H2,1-4H3,(H,42,47)/t27-,29?,30?,32?,33?,36?/m0/s1. The normalized spacial score (nSPS) is 28.6. The first-order chi connectivity index (χ1) is 22.7. The molecule has 0 unspecified atom stereocenters. The molecule has 5 aliphatic carbocycles. The van der Waals surface area contributed by atoms with Gasteiger partial charge in [0.25, 0.3) is 0 Å². The molecule has 8 rings (SSSR count). The fraction of sp³-hybridized carbons (Fsp3) is 0.634. The molecule has 1 amide bonds. The van der Waals surface area contributed by atoms with E-state index in [0.717, 1.165) is 108 Å². The topological polar surface area (TPSA) is 71.4 Å². The summed E-state index contributed by atoms with van der Waals surface area (Å²) >= 11 is 0. The van der Waals surface area contributed by atoms with Gasteiger partial charge in [-0.1, -0.05) is 29.8 Å². The molecule has 4 bridgehead atoms. The van der Waals surface area contributed by atoms with Gasteiger partial charge in [0, 0.05) is 60.6 Å². The first-order valence-electron chi connectivity index (χ1n) is 18.7. The van der Waals surface area contributed by atoms with Gasteiger partial charge in [-0.05, 0) is 145 Å². The highest BCUT2D eigenvalue weighted by Crippen LogP contribution is 2.57. The molecule has 6 aliphatic rings. The molecule has 47 heavy (non-hydrogen) atoms. The Balaban J connectivity index is 0.928. The first kappa shape index (κ1) is 32.6. The number of allylic oxidation sites excluding steroid dienone is 4. The lowest BCUT2D eigenvalue weighted by Crippen LogP contribution is -2.47. The Morgan fingerprint density at radius 2 is 1.64 bits per heavy atom. The molecule has 5 fully saturated rings. The summed E-state index contributed by atoms with van der Waals surface area (Å²) in [6.45, 7) is 12.2. The molecule has 1 aromatic carbocycles. The van der Waals surface area contributed by atoms with E-state index in [9.17, 15) is 14.4 Å². The zero-order valence-corrected chi connectivity index (χ0v) is 29.2. The third kappa shape index (κ3) is 6.56. The quantitative estimate of drug-likeness (QED) is 0.254. The Labute approximate surface area is 281 Å². The van der Waals surface area contributed by atoms with Crippen molar-refractivity contribution in [2.75, 3.05) is 26.2 Å². The molecule has 1 aromatic heterocycles. The van der Waals surface area contributed by atoms with Gasteiger partial charge in [-0.3, -0.25) is 14.4 Å². The van der Waals surface area contributed by atoms with Gasteiger partial charge in [-0.15, -0.1) is 0 Å². The van der Waals surface area contributed by atoms with Crippen LogP contribution in [-0.2, 0) is 9.59 Å². The maximum absolute atomic E-state index is 13.8. The van der Waals surface area contributed by atoms with Crippen LogP contribution in [0.25, 0.3) is 10.9 Å². The van der Waals surface area contributed by atoms with E-state index in [1.54, 1.807) is 0 Å². The van der Waals surface area contributed by atoms with Crippen LogP contribution in [0.3, 0.4) is 0 Å². The number of carbonyl (C=O) groups is 3. The Kier molecular flexibility index (Phi) is 9.34. The van der Waals surface area contributed by atoms with Crippen molar-refractivity contribution in [2.45, 2.75) is 104 Å². The van der Waals surface area contributed by atoms with Crippen LogP contribution in [0, 0.1) is 42.4 Å². The van der Waals surface area contributed by atoms with Gasteiger partial charge in [0.1, 0.15) is 0 Å². The first-order valence-corrected chi connectivity index (χ1v) is 18.7. The number of aromatic nitrogens is 1. The van der Waals surface area contributed by atoms with E-state index in [1.807, 2.05) is 19.9 Å².